The highest BCUT2D eigenvalue weighted by Crippen LogP contribution is 2.34. The van der Waals surface area contributed by atoms with Crippen LogP contribution < -0.4 is 14.8 Å². The van der Waals surface area contributed by atoms with E-state index in [4.69, 9.17) is 9.47 Å². The number of aromatic amines is 1. The Kier molecular flexibility index (Phi) is 6.86. The van der Waals surface area contributed by atoms with Gasteiger partial charge in [0.15, 0.2) is 0 Å². The van der Waals surface area contributed by atoms with Gasteiger partial charge in [0.2, 0.25) is 0 Å². The fraction of sp³-hybridized carbons (Fsp3) is 0.357. The number of hydrogen-bond acceptors (Lipinski definition) is 5. The van der Waals surface area contributed by atoms with Gasteiger partial charge in [-0.15, -0.1) is 0 Å². The molecule has 7 nitrogen and oxygen atoms in total. The molecule has 0 saturated carbocycles. The Hall–Kier alpha value is -3.58. The summed E-state index contributed by atoms with van der Waals surface area (Å²) in [5.74, 6) is 2.06. The smallest absolute Gasteiger partial charge is 0.252 e. The number of aromatic nitrogens is 2. The molecule has 0 radical (unpaired) electrons. The van der Waals surface area contributed by atoms with Crippen LogP contribution in [0.5, 0.6) is 11.5 Å². The van der Waals surface area contributed by atoms with Crippen molar-refractivity contribution in [2.24, 2.45) is 0 Å². The molecule has 182 valence electrons. The third kappa shape index (κ3) is 4.82. The number of hydrogen-bond donors (Lipinski definition) is 2. The summed E-state index contributed by atoms with van der Waals surface area (Å²) in [7, 11) is 3.33. The van der Waals surface area contributed by atoms with Crippen LogP contribution in [-0.2, 0) is 0 Å². The summed E-state index contributed by atoms with van der Waals surface area (Å²) in [6.45, 7) is 3.78. The Morgan fingerprint density at radius 3 is 2.77 bits per heavy atom. The van der Waals surface area contributed by atoms with Gasteiger partial charge >= 0.3 is 0 Å². The lowest BCUT2D eigenvalue weighted by atomic mass is 9.89. The van der Waals surface area contributed by atoms with Gasteiger partial charge in [-0.25, -0.2) is 0 Å². The fourth-order valence-electron chi connectivity index (χ4n) is 5.17. The SMILES string of the molecule is COc1ccc2[nH]cc(C3CCN(CCCNC(=O)c4ccnc5c(OC)cccc45)CC3)c2c1. The zero-order valence-electron chi connectivity index (χ0n) is 20.3. The number of methoxy groups -OCH3 is 2. The molecule has 0 aliphatic carbocycles. The number of H-pyrrole nitrogens is 1. The number of benzene rings is 2. The van der Waals surface area contributed by atoms with E-state index in [2.05, 4.69) is 38.5 Å². The van der Waals surface area contributed by atoms with Gasteiger partial charge in [-0.3, -0.25) is 9.78 Å². The number of para-hydroxylation sites is 1. The first-order valence-corrected chi connectivity index (χ1v) is 12.2. The maximum absolute atomic E-state index is 12.8. The molecule has 1 aliphatic heterocycles. The van der Waals surface area contributed by atoms with E-state index in [9.17, 15) is 4.79 Å². The van der Waals surface area contributed by atoms with Crippen LogP contribution in [0.1, 0.15) is 41.1 Å². The number of likely N-dealkylation sites (tertiary alicyclic amines) is 1. The van der Waals surface area contributed by atoms with Crippen molar-refractivity contribution in [2.75, 3.05) is 40.4 Å². The first kappa shape index (κ1) is 23.2. The normalized spacial score (nSPS) is 14.9. The molecule has 3 heterocycles. The number of rotatable bonds is 8. The van der Waals surface area contributed by atoms with Crippen molar-refractivity contribution in [3.05, 3.63) is 66.0 Å². The molecule has 1 amide bonds. The average molecular weight is 473 g/mol. The maximum Gasteiger partial charge on any atom is 0.252 e. The molecule has 2 aromatic carbocycles. The molecular weight excluding hydrogens is 440 g/mol. The maximum atomic E-state index is 12.8. The molecule has 0 spiro atoms. The van der Waals surface area contributed by atoms with Gasteiger partial charge in [0.1, 0.15) is 17.0 Å². The predicted octanol–water partition coefficient (Wildman–Crippen LogP) is 4.73. The van der Waals surface area contributed by atoms with Crippen LogP contribution in [0.15, 0.2) is 54.9 Å². The van der Waals surface area contributed by atoms with Crippen LogP contribution in [-0.4, -0.2) is 61.2 Å². The Bertz CT molecular complexity index is 1320. The van der Waals surface area contributed by atoms with Crippen LogP contribution in [0.2, 0.25) is 0 Å². The lowest BCUT2D eigenvalue weighted by Gasteiger charge is -2.32. The number of fused-ring (bicyclic) bond motifs is 2. The van der Waals surface area contributed by atoms with Crippen LogP contribution in [0, 0.1) is 0 Å². The van der Waals surface area contributed by atoms with E-state index in [1.165, 1.54) is 16.5 Å². The standard InChI is InChI=1S/C28H32N4O3/c1-34-20-7-8-25-23(17-20)24(18-31-25)19-10-15-32(16-11-19)14-4-12-30-28(33)22-9-13-29-27-21(22)5-3-6-26(27)35-2/h3,5-9,13,17-19,31H,4,10-12,14-16H2,1-2H3,(H,30,33). The van der Waals surface area contributed by atoms with Crippen molar-refractivity contribution < 1.29 is 14.3 Å². The van der Waals surface area contributed by atoms with Crippen molar-refractivity contribution >= 4 is 27.7 Å². The quantitative estimate of drug-likeness (QED) is 0.363. The molecule has 2 N–H and O–H groups in total. The van der Waals surface area contributed by atoms with Crippen molar-refractivity contribution in [1.82, 2.24) is 20.2 Å². The molecule has 0 unspecified atom stereocenters. The minimum Gasteiger partial charge on any atom is -0.497 e. The number of amides is 1. The Morgan fingerprint density at radius 1 is 1.11 bits per heavy atom. The van der Waals surface area contributed by atoms with Gasteiger partial charge in [0.05, 0.1) is 19.8 Å². The van der Waals surface area contributed by atoms with Crippen molar-refractivity contribution in [3.63, 3.8) is 0 Å². The highest BCUT2D eigenvalue weighted by molar-refractivity contribution is 6.07. The summed E-state index contributed by atoms with van der Waals surface area (Å²) in [6.07, 6.45) is 7.03. The van der Waals surface area contributed by atoms with Gasteiger partial charge in [0.25, 0.3) is 5.91 Å². The third-order valence-electron chi connectivity index (χ3n) is 7.08. The number of carbonyl (C=O) groups is 1. The summed E-state index contributed by atoms with van der Waals surface area (Å²) in [4.78, 5) is 23.1. The summed E-state index contributed by atoms with van der Waals surface area (Å²) >= 11 is 0. The number of carbonyl (C=O) groups excluding carboxylic acids is 1. The van der Waals surface area contributed by atoms with Crippen LogP contribution >= 0.6 is 0 Å². The zero-order valence-corrected chi connectivity index (χ0v) is 20.3. The summed E-state index contributed by atoms with van der Waals surface area (Å²) in [5.41, 5.74) is 3.90. The molecule has 7 heteroatoms. The molecule has 35 heavy (non-hydrogen) atoms. The molecule has 1 fully saturated rings. The number of ether oxygens (including phenoxy) is 2. The molecule has 1 aliphatic rings. The van der Waals surface area contributed by atoms with Crippen molar-refractivity contribution in [1.29, 1.82) is 0 Å². The second-order valence-electron chi connectivity index (χ2n) is 9.10. The molecule has 0 bridgehead atoms. The number of nitrogens with zero attached hydrogens (tertiary/aromatic N) is 2. The van der Waals surface area contributed by atoms with Gasteiger partial charge in [-0.05, 0) is 80.7 Å². The minimum atomic E-state index is -0.0703. The zero-order chi connectivity index (χ0) is 24.2. The second-order valence-corrected chi connectivity index (χ2v) is 9.10. The fourth-order valence-corrected chi connectivity index (χ4v) is 5.17. The first-order valence-electron chi connectivity index (χ1n) is 12.2. The van der Waals surface area contributed by atoms with Crippen LogP contribution in [0.3, 0.4) is 0 Å². The van der Waals surface area contributed by atoms with E-state index in [1.54, 1.807) is 26.5 Å². The highest BCUT2D eigenvalue weighted by atomic mass is 16.5. The molecule has 1 saturated heterocycles. The largest absolute Gasteiger partial charge is 0.497 e. The lowest BCUT2D eigenvalue weighted by molar-refractivity contribution is 0.0952. The molecule has 5 rings (SSSR count). The predicted molar refractivity (Wildman–Crippen MR) is 139 cm³/mol. The van der Waals surface area contributed by atoms with Crippen molar-refractivity contribution in [3.8, 4) is 11.5 Å². The van der Waals surface area contributed by atoms with E-state index in [0.717, 1.165) is 50.0 Å². The monoisotopic (exact) mass is 472 g/mol. The number of piperidine rings is 1. The average Bonchev–Trinajstić information content (AvgIpc) is 3.33. The molecule has 4 aromatic rings. The van der Waals surface area contributed by atoms with Crippen molar-refractivity contribution in [2.45, 2.75) is 25.2 Å². The highest BCUT2D eigenvalue weighted by Gasteiger charge is 2.23. The van der Waals surface area contributed by atoms with Gasteiger partial charge in [-0.1, -0.05) is 12.1 Å². The summed E-state index contributed by atoms with van der Waals surface area (Å²) < 4.78 is 10.8. The number of nitrogens with one attached hydrogen (secondary N) is 2. The summed E-state index contributed by atoms with van der Waals surface area (Å²) in [5, 5.41) is 5.16. The second kappa shape index (κ2) is 10.4. The van der Waals surface area contributed by atoms with Gasteiger partial charge < -0.3 is 24.7 Å². The third-order valence-corrected chi connectivity index (χ3v) is 7.08. The molecule has 0 atom stereocenters. The number of pyridine rings is 1. The first-order chi connectivity index (χ1) is 17.2. The minimum absolute atomic E-state index is 0.0703. The van der Waals surface area contributed by atoms with Crippen LogP contribution in [0.25, 0.3) is 21.8 Å². The van der Waals surface area contributed by atoms with E-state index in [0.29, 0.717) is 29.3 Å². The van der Waals surface area contributed by atoms with Crippen LogP contribution in [0.4, 0.5) is 0 Å². The Labute approximate surface area is 205 Å². The topological polar surface area (TPSA) is 79.5 Å². The molecule has 2 aromatic heterocycles. The summed E-state index contributed by atoms with van der Waals surface area (Å²) in [6, 6.07) is 13.6. The Morgan fingerprint density at radius 2 is 1.97 bits per heavy atom. The van der Waals surface area contributed by atoms with Gasteiger partial charge in [-0.2, -0.15) is 0 Å². The van der Waals surface area contributed by atoms with E-state index in [1.807, 2.05) is 24.3 Å². The Balaban J connectivity index is 1.11. The van der Waals surface area contributed by atoms with E-state index < -0.39 is 0 Å². The molecular formula is C28H32N4O3. The van der Waals surface area contributed by atoms with E-state index >= 15 is 0 Å². The van der Waals surface area contributed by atoms with E-state index in [-0.39, 0.29) is 5.91 Å². The van der Waals surface area contributed by atoms with Gasteiger partial charge in [0, 0.05) is 35.2 Å². The lowest BCUT2D eigenvalue weighted by Crippen LogP contribution is -2.35.